The number of hydrogen-bond acceptors (Lipinski definition) is 10. The smallest absolute Gasteiger partial charge is 0.300 e. The molecule has 0 saturated carbocycles. The van der Waals surface area contributed by atoms with Crippen LogP contribution in [0.3, 0.4) is 0 Å². The van der Waals surface area contributed by atoms with Gasteiger partial charge in [0.1, 0.15) is 5.69 Å². The van der Waals surface area contributed by atoms with Gasteiger partial charge in [-0.3, -0.25) is 29.9 Å². The first-order chi connectivity index (χ1) is 14.9. The third-order valence-electron chi connectivity index (χ3n) is 4.82. The van der Waals surface area contributed by atoms with Crippen molar-refractivity contribution in [2.24, 2.45) is 0 Å². The number of hydrogen-bond donors (Lipinski definition) is 3. The van der Waals surface area contributed by atoms with E-state index in [2.05, 4.69) is 10.2 Å². The van der Waals surface area contributed by atoms with Crippen LogP contribution in [0.15, 0.2) is 12.1 Å². The number of aliphatic hydroxyl groups is 2. The molecule has 1 saturated heterocycles. The van der Waals surface area contributed by atoms with Gasteiger partial charge in [-0.1, -0.05) is 0 Å². The summed E-state index contributed by atoms with van der Waals surface area (Å²) in [4.78, 5) is 37.5. The van der Waals surface area contributed by atoms with Gasteiger partial charge in [0.05, 0.1) is 47.9 Å². The van der Waals surface area contributed by atoms with Crippen molar-refractivity contribution in [3.05, 3.63) is 37.9 Å². The molecular formula is C18H27N5O8. The number of nitrogens with one attached hydrogen (secondary N) is 1. The molecule has 1 fully saturated rings. The van der Waals surface area contributed by atoms with Crippen molar-refractivity contribution in [3.8, 4) is 0 Å². The molecule has 1 aromatic rings. The summed E-state index contributed by atoms with van der Waals surface area (Å²) in [6.45, 7) is 2.91. The Kier molecular flexibility index (Phi) is 9.52. The maximum atomic E-state index is 12.8. The van der Waals surface area contributed by atoms with Gasteiger partial charge >= 0.3 is 0 Å². The number of non-ortho nitro benzene ring substituents is 1. The van der Waals surface area contributed by atoms with Crippen LogP contribution in [0.4, 0.5) is 17.1 Å². The van der Waals surface area contributed by atoms with E-state index in [0.717, 1.165) is 31.8 Å². The predicted molar refractivity (Wildman–Crippen MR) is 110 cm³/mol. The summed E-state index contributed by atoms with van der Waals surface area (Å²) in [6, 6.07) is 1.74. The first kappa shape index (κ1) is 24.4. The Bertz CT molecular complexity index is 778. The highest BCUT2D eigenvalue weighted by Crippen LogP contribution is 2.36. The van der Waals surface area contributed by atoms with E-state index in [4.69, 9.17) is 4.74 Å². The summed E-state index contributed by atoms with van der Waals surface area (Å²) < 4.78 is 5.28. The highest BCUT2D eigenvalue weighted by Gasteiger charge is 2.30. The van der Waals surface area contributed by atoms with Gasteiger partial charge in [-0.2, -0.15) is 0 Å². The second-order valence-electron chi connectivity index (χ2n) is 6.87. The number of carbonyl (C=O) groups excluding carboxylic acids is 1. The van der Waals surface area contributed by atoms with Gasteiger partial charge < -0.3 is 25.2 Å². The van der Waals surface area contributed by atoms with Crippen molar-refractivity contribution >= 4 is 23.0 Å². The van der Waals surface area contributed by atoms with Crippen LogP contribution >= 0.6 is 0 Å². The number of nitrogens with zero attached hydrogens (tertiary/aromatic N) is 4. The van der Waals surface area contributed by atoms with E-state index in [1.165, 1.54) is 4.90 Å². The van der Waals surface area contributed by atoms with Crippen LogP contribution in [0, 0.1) is 20.2 Å². The van der Waals surface area contributed by atoms with E-state index in [1.807, 2.05) is 0 Å². The third-order valence-corrected chi connectivity index (χ3v) is 4.82. The first-order valence-electron chi connectivity index (χ1n) is 9.90. The summed E-state index contributed by atoms with van der Waals surface area (Å²) in [5, 5.41) is 44.1. The zero-order chi connectivity index (χ0) is 22.8. The molecule has 0 unspecified atom stereocenters. The SMILES string of the molecule is O=C(NCCCN1CCOCC1)c1cc([N+](=O)[O-])cc([N+](=O)[O-])c1N(CCO)CCO. The van der Waals surface area contributed by atoms with E-state index in [0.29, 0.717) is 19.6 Å². The highest BCUT2D eigenvalue weighted by molar-refractivity contribution is 6.02. The second kappa shape index (κ2) is 12.1. The Morgan fingerprint density at radius 2 is 1.77 bits per heavy atom. The molecular weight excluding hydrogens is 414 g/mol. The first-order valence-corrected chi connectivity index (χ1v) is 9.90. The van der Waals surface area contributed by atoms with Gasteiger partial charge in [-0.05, 0) is 13.0 Å². The van der Waals surface area contributed by atoms with Gasteiger partial charge in [0.2, 0.25) is 0 Å². The zero-order valence-electron chi connectivity index (χ0n) is 17.1. The van der Waals surface area contributed by atoms with E-state index in [1.54, 1.807) is 0 Å². The molecule has 1 aliphatic rings. The minimum atomic E-state index is -0.820. The number of rotatable bonds is 12. The highest BCUT2D eigenvalue weighted by atomic mass is 16.6. The normalized spacial score (nSPS) is 14.3. The fraction of sp³-hybridized carbons (Fsp3) is 0.611. The Hall–Kier alpha value is -2.87. The average molecular weight is 441 g/mol. The molecule has 1 aliphatic heterocycles. The lowest BCUT2D eigenvalue weighted by atomic mass is 10.1. The minimum Gasteiger partial charge on any atom is -0.395 e. The molecule has 172 valence electrons. The number of nitro benzene ring substituents is 2. The molecule has 13 heteroatoms. The number of morpholine rings is 1. The lowest BCUT2D eigenvalue weighted by Crippen LogP contribution is -2.38. The monoisotopic (exact) mass is 441 g/mol. The van der Waals surface area contributed by atoms with Crippen LogP contribution in [0.2, 0.25) is 0 Å². The van der Waals surface area contributed by atoms with Gasteiger partial charge in [0.25, 0.3) is 17.3 Å². The number of nitro groups is 2. The molecule has 0 spiro atoms. The van der Waals surface area contributed by atoms with Crippen molar-refractivity contribution in [2.75, 3.05) is 70.6 Å². The summed E-state index contributed by atoms with van der Waals surface area (Å²) in [5.74, 6) is -0.704. The molecule has 0 bridgehead atoms. The van der Waals surface area contributed by atoms with Crippen molar-refractivity contribution in [2.45, 2.75) is 6.42 Å². The average Bonchev–Trinajstić information content (AvgIpc) is 2.76. The molecule has 0 aromatic heterocycles. The van der Waals surface area contributed by atoms with Gasteiger partial charge in [0, 0.05) is 38.8 Å². The Labute approximate surface area is 178 Å². The van der Waals surface area contributed by atoms with Crippen LogP contribution < -0.4 is 10.2 Å². The summed E-state index contributed by atoms with van der Waals surface area (Å²) in [7, 11) is 0. The number of benzene rings is 1. The largest absolute Gasteiger partial charge is 0.395 e. The van der Waals surface area contributed by atoms with Crippen LogP contribution in [0.25, 0.3) is 0 Å². The Balaban J connectivity index is 2.27. The molecule has 0 radical (unpaired) electrons. The Morgan fingerprint density at radius 1 is 1.13 bits per heavy atom. The summed E-state index contributed by atoms with van der Waals surface area (Å²) in [5.41, 5.74) is -1.67. The molecule has 1 heterocycles. The molecule has 3 N–H and O–H groups in total. The lowest BCUT2D eigenvalue weighted by molar-refractivity contribution is -0.393. The maximum Gasteiger partial charge on any atom is 0.300 e. The zero-order valence-corrected chi connectivity index (χ0v) is 17.1. The maximum absolute atomic E-state index is 12.8. The lowest BCUT2D eigenvalue weighted by Gasteiger charge is -2.26. The molecule has 0 atom stereocenters. The van der Waals surface area contributed by atoms with Crippen molar-refractivity contribution < 1.29 is 29.6 Å². The summed E-state index contributed by atoms with van der Waals surface area (Å²) >= 11 is 0. The van der Waals surface area contributed by atoms with E-state index in [9.17, 15) is 35.2 Å². The van der Waals surface area contributed by atoms with Crippen LogP contribution in [0.1, 0.15) is 16.8 Å². The number of carbonyl (C=O) groups is 1. The fourth-order valence-electron chi connectivity index (χ4n) is 3.36. The van der Waals surface area contributed by atoms with E-state index in [-0.39, 0.29) is 30.9 Å². The number of anilines is 1. The number of aliphatic hydroxyl groups excluding tert-OH is 2. The molecule has 0 aliphatic carbocycles. The molecule has 2 rings (SSSR count). The number of amides is 1. The van der Waals surface area contributed by atoms with Gasteiger partial charge in [-0.25, -0.2) is 0 Å². The van der Waals surface area contributed by atoms with Gasteiger partial charge in [-0.15, -0.1) is 0 Å². The van der Waals surface area contributed by atoms with Crippen molar-refractivity contribution in [1.82, 2.24) is 10.2 Å². The molecule has 1 amide bonds. The predicted octanol–water partition coefficient (Wildman–Crippen LogP) is -0.254. The third kappa shape index (κ3) is 6.82. The summed E-state index contributed by atoms with van der Waals surface area (Å²) in [6.07, 6.45) is 0.620. The van der Waals surface area contributed by atoms with Crippen LogP contribution in [-0.2, 0) is 4.74 Å². The molecule has 31 heavy (non-hydrogen) atoms. The second-order valence-corrected chi connectivity index (χ2v) is 6.87. The van der Waals surface area contributed by atoms with E-state index >= 15 is 0 Å². The van der Waals surface area contributed by atoms with Gasteiger partial charge in [0.15, 0.2) is 0 Å². The topological polar surface area (TPSA) is 172 Å². The standard InChI is InChI=1S/C18H27N5O8/c24-8-4-21(5-9-25)17-15(12-14(22(27)28)13-16(17)23(29)30)18(26)19-2-1-3-20-6-10-31-11-7-20/h12-13,24-25H,1-11H2,(H,19,26). The quantitative estimate of drug-likeness (QED) is 0.223. The van der Waals surface area contributed by atoms with Crippen LogP contribution in [0.5, 0.6) is 0 Å². The van der Waals surface area contributed by atoms with E-state index < -0.39 is 40.3 Å². The van der Waals surface area contributed by atoms with Crippen molar-refractivity contribution in [1.29, 1.82) is 0 Å². The fourth-order valence-corrected chi connectivity index (χ4v) is 3.36. The van der Waals surface area contributed by atoms with Crippen molar-refractivity contribution in [3.63, 3.8) is 0 Å². The van der Waals surface area contributed by atoms with Crippen LogP contribution in [-0.4, -0.2) is 96.6 Å². The molecule has 1 aromatic carbocycles. The number of ether oxygens (including phenoxy) is 1. The Morgan fingerprint density at radius 3 is 2.32 bits per heavy atom. The minimum absolute atomic E-state index is 0.101. The molecule has 13 nitrogen and oxygen atoms in total.